The minimum Gasteiger partial charge on any atom is -0.449 e. The van der Waals surface area contributed by atoms with Crippen LogP contribution in [0.2, 0.25) is 0 Å². The smallest absolute Gasteiger partial charge is 0.418 e. The Bertz CT molecular complexity index is 780. The Morgan fingerprint density at radius 1 is 1.45 bits per heavy atom. The third kappa shape index (κ3) is 1.73. The van der Waals surface area contributed by atoms with Crippen molar-refractivity contribution < 1.29 is 19.1 Å². The number of benzene rings is 1. The van der Waals surface area contributed by atoms with E-state index in [1.165, 1.54) is 0 Å². The van der Waals surface area contributed by atoms with Gasteiger partial charge in [-0.3, -0.25) is 9.47 Å². The maximum Gasteiger partial charge on any atom is 0.418 e. The summed E-state index contributed by atoms with van der Waals surface area (Å²) in [5.41, 5.74) is 2.94. The number of fused-ring (bicyclic) bond motifs is 2. The van der Waals surface area contributed by atoms with Gasteiger partial charge < -0.3 is 9.47 Å². The van der Waals surface area contributed by atoms with Gasteiger partial charge in [-0.15, -0.1) is 0 Å². The molecule has 1 aromatic carbocycles. The molecule has 6 nitrogen and oxygen atoms in total. The van der Waals surface area contributed by atoms with Crippen molar-refractivity contribution in [2.45, 2.75) is 19.4 Å². The number of nitrogens with zero attached hydrogens (tertiary/aromatic N) is 2. The highest BCUT2D eigenvalue weighted by Gasteiger charge is 2.37. The second-order valence-corrected chi connectivity index (χ2v) is 5.50. The van der Waals surface area contributed by atoms with Crippen LogP contribution in [0.5, 0.6) is 0 Å². The summed E-state index contributed by atoms with van der Waals surface area (Å²) in [6.45, 7) is 3.09. The van der Waals surface area contributed by atoms with E-state index in [0.29, 0.717) is 26.2 Å². The molecule has 1 amide bonds. The van der Waals surface area contributed by atoms with E-state index in [-0.39, 0.29) is 18.2 Å². The van der Waals surface area contributed by atoms with Crippen molar-refractivity contribution in [2.24, 2.45) is 0 Å². The molecule has 6 heteroatoms. The molecule has 1 saturated heterocycles. The van der Waals surface area contributed by atoms with Gasteiger partial charge in [0.25, 0.3) is 0 Å². The quantitative estimate of drug-likeness (QED) is 0.812. The second-order valence-electron chi connectivity index (χ2n) is 5.50. The fourth-order valence-electron chi connectivity index (χ4n) is 3.41. The molecule has 2 aromatic rings. The fraction of sp³-hybridized carbons (Fsp3) is 0.375. The molecule has 1 aromatic heterocycles. The van der Waals surface area contributed by atoms with E-state index >= 15 is 0 Å². The van der Waals surface area contributed by atoms with Crippen LogP contribution >= 0.6 is 0 Å². The molecule has 0 aliphatic carbocycles. The first-order valence-corrected chi connectivity index (χ1v) is 7.44. The van der Waals surface area contributed by atoms with Crippen molar-refractivity contribution in [3.8, 4) is 0 Å². The number of aromatic nitrogens is 1. The molecular formula is C16H16N2O4. The average Bonchev–Trinajstić information content (AvgIpc) is 3.01. The Kier molecular flexibility index (Phi) is 2.85. The summed E-state index contributed by atoms with van der Waals surface area (Å²) in [5.74, 6) is 0. The van der Waals surface area contributed by atoms with Gasteiger partial charge in [-0.25, -0.2) is 9.59 Å². The molecule has 0 spiro atoms. The molecule has 1 unspecified atom stereocenters. The van der Waals surface area contributed by atoms with E-state index in [0.717, 1.165) is 22.0 Å². The Morgan fingerprint density at radius 3 is 3.14 bits per heavy atom. The zero-order chi connectivity index (χ0) is 15.3. The minimum atomic E-state index is -0.368. The van der Waals surface area contributed by atoms with Gasteiger partial charge >= 0.3 is 12.2 Å². The van der Waals surface area contributed by atoms with Gasteiger partial charge in [-0.05, 0) is 30.5 Å². The van der Waals surface area contributed by atoms with Gasteiger partial charge in [0, 0.05) is 18.1 Å². The Labute approximate surface area is 127 Å². The summed E-state index contributed by atoms with van der Waals surface area (Å²) < 4.78 is 11.9. The van der Waals surface area contributed by atoms with E-state index in [1.807, 2.05) is 24.4 Å². The molecule has 4 rings (SSSR count). The van der Waals surface area contributed by atoms with Gasteiger partial charge in [0.2, 0.25) is 0 Å². The van der Waals surface area contributed by atoms with Gasteiger partial charge in [0.15, 0.2) is 0 Å². The number of carbonyl (C=O) groups excluding carboxylic acids is 2. The van der Waals surface area contributed by atoms with Crippen LogP contribution in [0, 0.1) is 0 Å². The van der Waals surface area contributed by atoms with Crippen LogP contribution in [0.15, 0.2) is 24.4 Å². The molecule has 114 valence electrons. The molecule has 22 heavy (non-hydrogen) atoms. The highest BCUT2D eigenvalue weighted by atomic mass is 16.6. The van der Waals surface area contributed by atoms with Crippen LogP contribution in [0.25, 0.3) is 10.9 Å². The summed E-state index contributed by atoms with van der Waals surface area (Å²) in [4.78, 5) is 25.7. The SMILES string of the molecule is CCOC(=O)n1cc2c3c(cccc31)C1COC(=O)N1CC2. The van der Waals surface area contributed by atoms with Crippen LogP contribution < -0.4 is 0 Å². The van der Waals surface area contributed by atoms with Gasteiger partial charge in [0.1, 0.15) is 6.61 Å². The van der Waals surface area contributed by atoms with E-state index in [9.17, 15) is 9.59 Å². The van der Waals surface area contributed by atoms with Gasteiger partial charge in [-0.2, -0.15) is 0 Å². The minimum absolute atomic E-state index is 0.0736. The molecule has 0 saturated carbocycles. The molecule has 1 atom stereocenters. The van der Waals surface area contributed by atoms with Crippen LogP contribution in [0.3, 0.4) is 0 Å². The molecule has 2 aliphatic heterocycles. The zero-order valence-electron chi connectivity index (χ0n) is 12.2. The van der Waals surface area contributed by atoms with Gasteiger partial charge in [-0.1, -0.05) is 12.1 Å². The van der Waals surface area contributed by atoms with Crippen molar-refractivity contribution in [2.75, 3.05) is 19.8 Å². The molecule has 0 N–H and O–H groups in total. The number of ether oxygens (including phenoxy) is 2. The first-order chi connectivity index (χ1) is 10.7. The molecule has 0 radical (unpaired) electrons. The first-order valence-electron chi connectivity index (χ1n) is 7.44. The predicted octanol–water partition coefficient (Wildman–Crippen LogP) is 2.70. The second kappa shape index (κ2) is 4.76. The third-order valence-corrected chi connectivity index (χ3v) is 4.36. The standard InChI is InChI=1S/C16H16N2O4/c1-2-21-16(20)18-8-10-6-7-17-13(9-22-15(17)19)11-4-3-5-12(18)14(10)11/h3-5,8,13H,2,6-7,9H2,1H3. The Hall–Kier alpha value is -2.50. The normalized spacial score (nSPS) is 19.8. The topological polar surface area (TPSA) is 60.8 Å². The highest BCUT2D eigenvalue weighted by Crippen LogP contribution is 2.38. The van der Waals surface area contributed by atoms with Crippen LogP contribution in [0.4, 0.5) is 9.59 Å². The predicted molar refractivity (Wildman–Crippen MR) is 78.9 cm³/mol. The lowest BCUT2D eigenvalue weighted by Crippen LogP contribution is -2.28. The number of hydrogen-bond donors (Lipinski definition) is 0. The Morgan fingerprint density at radius 2 is 2.32 bits per heavy atom. The summed E-state index contributed by atoms with van der Waals surface area (Å²) >= 11 is 0. The highest BCUT2D eigenvalue weighted by molar-refractivity contribution is 5.95. The lowest BCUT2D eigenvalue weighted by atomic mass is 10.0. The maximum absolute atomic E-state index is 12.1. The molecular weight excluding hydrogens is 284 g/mol. The summed E-state index contributed by atoms with van der Waals surface area (Å²) in [7, 11) is 0. The summed E-state index contributed by atoms with van der Waals surface area (Å²) in [5, 5.41) is 1.04. The van der Waals surface area contributed by atoms with Crippen molar-refractivity contribution in [1.82, 2.24) is 9.47 Å². The average molecular weight is 300 g/mol. The number of amides is 1. The maximum atomic E-state index is 12.1. The van der Waals surface area contributed by atoms with Crippen LogP contribution in [-0.4, -0.2) is 41.4 Å². The Balaban J connectivity index is 1.91. The van der Waals surface area contributed by atoms with Crippen molar-refractivity contribution >= 4 is 23.1 Å². The molecule has 3 heterocycles. The molecule has 1 fully saturated rings. The largest absolute Gasteiger partial charge is 0.449 e. The van der Waals surface area contributed by atoms with Crippen molar-refractivity contribution in [3.63, 3.8) is 0 Å². The number of hydrogen-bond acceptors (Lipinski definition) is 4. The van der Waals surface area contributed by atoms with Crippen LogP contribution in [0.1, 0.15) is 24.1 Å². The van der Waals surface area contributed by atoms with Crippen molar-refractivity contribution in [1.29, 1.82) is 0 Å². The van der Waals surface area contributed by atoms with E-state index in [4.69, 9.17) is 9.47 Å². The summed E-state index contributed by atoms with van der Waals surface area (Å²) in [6, 6.07) is 5.75. The molecule has 0 bridgehead atoms. The van der Waals surface area contributed by atoms with Gasteiger partial charge in [0.05, 0.1) is 18.2 Å². The number of carbonyl (C=O) groups is 2. The third-order valence-electron chi connectivity index (χ3n) is 4.36. The zero-order valence-corrected chi connectivity index (χ0v) is 12.2. The first kappa shape index (κ1) is 13.2. The lowest BCUT2D eigenvalue weighted by Gasteiger charge is -2.19. The monoisotopic (exact) mass is 300 g/mol. The number of rotatable bonds is 1. The lowest BCUT2D eigenvalue weighted by molar-refractivity contribution is 0.154. The van der Waals surface area contributed by atoms with E-state index < -0.39 is 0 Å². The molecule has 2 aliphatic rings. The van der Waals surface area contributed by atoms with Crippen molar-refractivity contribution in [3.05, 3.63) is 35.5 Å². The summed E-state index contributed by atoms with van der Waals surface area (Å²) in [6.07, 6.45) is 1.91. The van der Waals surface area contributed by atoms with Crippen LogP contribution in [-0.2, 0) is 15.9 Å². The van der Waals surface area contributed by atoms with E-state index in [2.05, 4.69) is 0 Å². The van der Waals surface area contributed by atoms with E-state index in [1.54, 1.807) is 16.4 Å². The number of cyclic esters (lactones) is 1. The fourth-order valence-corrected chi connectivity index (χ4v) is 3.41.